The zero-order valence-corrected chi connectivity index (χ0v) is 19.1. The first-order valence-electron chi connectivity index (χ1n) is 11.2. The number of hydrogen-bond donors (Lipinski definition) is 1. The van der Waals surface area contributed by atoms with Gasteiger partial charge in [-0.25, -0.2) is 0 Å². The van der Waals surface area contributed by atoms with E-state index < -0.39 is 0 Å². The minimum absolute atomic E-state index is 0.0590. The summed E-state index contributed by atoms with van der Waals surface area (Å²) in [6.45, 7) is 11.7. The maximum Gasteiger partial charge on any atom is 0.289 e. The molecule has 0 radical (unpaired) electrons. The molecule has 0 unspecified atom stereocenters. The van der Waals surface area contributed by atoms with Crippen molar-refractivity contribution in [2.45, 2.75) is 26.2 Å². The number of nitrogens with one attached hydrogen (secondary N) is 1. The van der Waals surface area contributed by atoms with Gasteiger partial charge < -0.3 is 29.0 Å². The number of guanidine groups is 1. The first-order chi connectivity index (χ1) is 15.5. The maximum atomic E-state index is 12.5. The fourth-order valence-electron chi connectivity index (χ4n) is 3.93. The van der Waals surface area contributed by atoms with Crippen molar-refractivity contribution >= 4 is 11.9 Å². The number of carbonyl (C=O) groups is 1. The van der Waals surface area contributed by atoms with Crippen molar-refractivity contribution in [3.8, 4) is 11.5 Å². The van der Waals surface area contributed by atoms with Crippen molar-refractivity contribution in [2.24, 2.45) is 4.99 Å². The molecule has 2 aliphatic heterocycles. The highest BCUT2D eigenvalue weighted by molar-refractivity contribution is 5.91. The lowest BCUT2D eigenvalue weighted by molar-refractivity contribution is 0.0657. The van der Waals surface area contributed by atoms with E-state index in [4.69, 9.17) is 18.9 Å². The first kappa shape index (κ1) is 22.0. The molecule has 3 heterocycles. The van der Waals surface area contributed by atoms with Crippen LogP contribution in [-0.2, 0) is 5.41 Å². The Kier molecular flexibility index (Phi) is 6.58. The molecule has 1 amide bonds. The van der Waals surface area contributed by atoms with E-state index in [1.807, 2.05) is 11.0 Å². The van der Waals surface area contributed by atoms with E-state index in [1.54, 1.807) is 12.1 Å². The second-order valence-electron chi connectivity index (χ2n) is 8.67. The van der Waals surface area contributed by atoms with Gasteiger partial charge in [-0.2, -0.15) is 0 Å². The third-order valence-electron chi connectivity index (χ3n) is 5.88. The molecule has 2 aromatic rings. The number of furan rings is 1. The molecule has 0 atom stereocenters. The summed E-state index contributed by atoms with van der Waals surface area (Å²) in [5.41, 5.74) is 0.989. The first-order valence-corrected chi connectivity index (χ1v) is 11.2. The summed E-state index contributed by atoms with van der Waals surface area (Å²) in [6.07, 6.45) is 1.53. The molecule has 172 valence electrons. The van der Waals surface area contributed by atoms with E-state index in [0.29, 0.717) is 38.6 Å². The number of piperazine rings is 1. The van der Waals surface area contributed by atoms with Gasteiger partial charge >= 0.3 is 0 Å². The summed E-state index contributed by atoms with van der Waals surface area (Å²) >= 11 is 0. The van der Waals surface area contributed by atoms with Gasteiger partial charge in [-0.15, -0.1) is 0 Å². The second kappa shape index (κ2) is 9.54. The third kappa shape index (κ3) is 4.84. The summed E-state index contributed by atoms with van der Waals surface area (Å²) in [5, 5.41) is 3.41. The number of ether oxygens (including phenoxy) is 2. The summed E-state index contributed by atoms with van der Waals surface area (Å²) in [5.74, 6) is 2.81. The monoisotopic (exact) mass is 440 g/mol. The van der Waals surface area contributed by atoms with Crippen LogP contribution in [0.4, 0.5) is 0 Å². The molecule has 8 nitrogen and oxygen atoms in total. The van der Waals surface area contributed by atoms with E-state index >= 15 is 0 Å². The van der Waals surface area contributed by atoms with E-state index in [0.717, 1.165) is 42.7 Å². The molecule has 1 fully saturated rings. The van der Waals surface area contributed by atoms with Crippen LogP contribution in [0.3, 0.4) is 0 Å². The van der Waals surface area contributed by atoms with Crippen molar-refractivity contribution in [1.29, 1.82) is 0 Å². The normalized spacial score (nSPS) is 16.8. The molecule has 8 heteroatoms. The number of nitrogens with zero attached hydrogens (tertiary/aromatic N) is 3. The predicted octanol–water partition coefficient (Wildman–Crippen LogP) is 2.75. The van der Waals surface area contributed by atoms with E-state index in [1.165, 1.54) is 6.26 Å². The van der Waals surface area contributed by atoms with Gasteiger partial charge in [-0.05, 0) is 36.8 Å². The molecular weight excluding hydrogens is 408 g/mol. The lowest BCUT2D eigenvalue weighted by atomic mass is 9.84. The lowest BCUT2D eigenvalue weighted by Gasteiger charge is -2.36. The topological polar surface area (TPSA) is 79.5 Å². The lowest BCUT2D eigenvalue weighted by Crippen LogP contribution is -2.54. The molecule has 1 saturated heterocycles. The standard InChI is InChI=1S/C24H32N4O4/c1-4-25-23(28-11-9-27(10-12-28)22(29)20-6-5-13-30-20)26-17-24(2,3)18-7-8-19-21(16-18)32-15-14-31-19/h5-8,13,16H,4,9-12,14-15,17H2,1-3H3,(H,25,26). The minimum Gasteiger partial charge on any atom is -0.486 e. The summed E-state index contributed by atoms with van der Waals surface area (Å²) < 4.78 is 16.7. The smallest absolute Gasteiger partial charge is 0.289 e. The quantitative estimate of drug-likeness (QED) is 0.569. The van der Waals surface area contributed by atoms with Crippen LogP contribution in [0.5, 0.6) is 11.5 Å². The van der Waals surface area contributed by atoms with E-state index in [2.05, 4.69) is 43.1 Å². The van der Waals surface area contributed by atoms with Crippen LogP contribution in [0.25, 0.3) is 0 Å². The average molecular weight is 441 g/mol. The van der Waals surface area contributed by atoms with E-state index in [-0.39, 0.29) is 11.3 Å². The van der Waals surface area contributed by atoms with Crippen LogP contribution in [0.15, 0.2) is 46.0 Å². The summed E-state index contributed by atoms with van der Waals surface area (Å²) in [7, 11) is 0. The molecule has 0 saturated carbocycles. The molecule has 2 aliphatic rings. The highest BCUT2D eigenvalue weighted by atomic mass is 16.6. The maximum absolute atomic E-state index is 12.5. The highest BCUT2D eigenvalue weighted by Gasteiger charge is 2.27. The Morgan fingerprint density at radius 2 is 1.78 bits per heavy atom. The van der Waals surface area contributed by atoms with Crippen molar-refractivity contribution in [1.82, 2.24) is 15.1 Å². The van der Waals surface area contributed by atoms with Crippen LogP contribution in [0.2, 0.25) is 0 Å². The Hall–Kier alpha value is -3.16. The minimum atomic E-state index is -0.173. The molecule has 32 heavy (non-hydrogen) atoms. The number of aliphatic imine (C=N–C) groups is 1. The van der Waals surface area contributed by atoms with Crippen LogP contribution >= 0.6 is 0 Å². The number of hydrogen-bond acceptors (Lipinski definition) is 5. The Morgan fingerprint density at radius 3 is 2.47 bits per heavy atom. The van der Waals surface area contributed by atoms with Crippen molar-refractivity contribution in [3.05, 3.63) is 47.9 Å². The Balaban J connectivity index is 1.41. The van der Waals surface area contributed by atoms with Crippen molar-refractivity contribution in [3.63, 3.8) is 0 Å². The van der Waals surface area contributed by atoms with Gasteiger partial charge in [0.05, 0.1) is 12.8 Å². The molecule has 1 aromatic carbocycles. The van der Waals surface area contributed by atoms with Gasteiger partial charge in [0.25, 0.3) is 5.91 Å². The van der Waals surface area contributed by atoms with Gasteiger partial charge in [0, 0.05) is 38.1 Å². The van der Waals surface area contributed by atoms with Crippen LogP contribution in [0, 0.1) is 0 Å². The largest absolute Gasteiger partial charge is 0.486 e. The average Bonchev–Trinajstić information content (AvgIpc) is 3.36. The van der Waals surface area contributed by atoms with Gasteiger partial charge in [-0.3, -0.25) is 9.79 Å². The van der Waals surface area contributed by atoms with Gasteiger partial charge in [0.15, 0.2) is 23.2 Å². The summed E-state index contributed by atoms with van der Waals surface area (Å²) in [6, 6.07) is 9.59. The van der Waals surface area contributed by atoms with Crippen molar-refractivity contribution < 1.29 is 18.7 Å². The fraction of sp³-hybridized carbons (Fsp3) is 0.500. The van der Waals surface area contributed by atoms with Crippen LogP contribution in [0.1, 0.15) is 36.9 Å². The third-order valence-corrected chi connectivity index (χ3v) is 5.88. The molecule has 0 spiro atoms. The zero-order valence-electron chi connectivity index (χ0n) is 19.1. The Bertz CT molecular complexity index is 947. The zero-order chi connectivity index (χ0) is 22.6. The SMILES string of the molecule is CCNC(=NCC(C)(C)c1ccc2c(c1)OCCO2)N1CCN(C(=O)c2ccco2)CC1. The molecule has 0 aliphatic carbocycles. The molecule has 1 aromatic heterocycles. The van der Waals surface area contributed by atoms with Gasteiger partial charge in [0.1, 0.15) is 13.2 Å². The Labute approximate surface area is 189 Å². The van der Waals surface area contributed by atoms with Gasteiger partial charge in [-0.1, -0.05) is 19.9 Å². The molecular formula is C24H32N4O4. The molecule has 0 bridgehead atoms. The number of amides is 1. The Morgan fingerprint density at radius 1 is 1.06 bits per heavy atom. The molecule has 4 rings (SSSR count). The fourth-order valence-corrected chi connectivity index (χ4v) is 3.93. The van der Waals surface area contributed by atoms with Crippen LogP contribution in [-0.4, -0.2) is 74.1 Å². The predicted molar refractivity (Wildman–Crippen MR) is 123 cm³/mol. The number of rotatable bonds is 5. The number of fused-ring (bicyclic) bond motifs is 1. The number of carbonyl (C=O) groups excluding carboxylic acids is 1. The highest BCUT2D eigenvalue weighted by Crippen LogP contribution is 2.35. The summed E-state index contributed by atoms with van der Waals surface area (Å²) in [4.78, 5) is 21.5. The van der Waals surface area contributed by atoms with E-state index in [9.17, 15) is 4.79 Å². The van der Waals surface area contributed by atoms with Gasteiger partial charge in [0.2, 0.25) is 0 Å². The number of benzene rings is 1. The second-order valence-corrected chi connectivity index (χ2v) is 8.67. The molecule has 1 N–H and O–H groups in total. The van der Waals surface area contributed by atoms with Crippen molar-refractivity contribution in [2.75, 3.05) is 52.5 Å². The van der Waals surface area contributed by atoms with Crippen LogP contribution < -0.4 is 14.8 Å².